The molecule has 0 atom stereocenters. The number of carbonyl (C=O) groups is 2. The first-order valence-corrected chi connectivity index (χ1v) is 16.0. The van der Waals surface area contributed by atoms with Crippen LogP contribution in [0.5, 0.6) is 0 Å². The van der Waals surface area contributed by atoms with E-state index in [0.717, 1.165) is 61.6 Å². The molecule has 5 rings (SSSR count). The monoisotopic (exact) mass is 597 g/mol. The number of hydrogen-bond donors (Lipinski definition) is 0. The first kappa shape index (κ1) is 29.7. The van der Waals surface area contributed by atoms with Gasteiger partial charge in [-0.2, -0.15) is 0 Å². The molecular formula is C30H39N5O6S. The van der Waals surface area contributed by atoms with E-state index in [4.69, 9.17) is 14.5 Å². The lowest BCUT2D eigenvalue weighted by atomic mass is 9.85. The highest BCUT2D eigenvalue weighted by Gasteiger charge is 2.38. The summed E-state index contributed by atoms with van der Waals surface area (Å²) < 4.78 is 36.2. The van der Waals surface area contributed by atoms with Crippen LogP contribution in [0.4, 0.5) is 16.3 Å². The summed E-state index contributed by atoms with van der Waals surface area (Å²) in [6.45, 7) is 8.55. The highest BCUT2D eigenvalue weighted by Crippen LogP contribution is 2.39. The summed E-state index contributed by atoms with van der Waals surface area (Å²) in [5.74, 6) is 0.414. The number of fused-ring (bicyclic) bond motifs is 1. The van der Waals surface area contributed by atoms with E-state index in [2.05, 4.69) is 9.80 Å². The molecule has 0 unspecified atom stereocenters. The average molecular weight is 598 g/mol. The molecule has 2 aromatic heterocycles. The standard InChI is InChI=1S/C30H39N5O6S/c1-30(2,3)41-29(37)32(4)21-17-22(18-21)35-19-25(28(36)40-5)24-11-12-26(31-27(24)35)34-15-13-33(14-16-34)20-7-9-23(10-8-20)42(6,38)39/h7-12,19,21-22H,13-18H2,1-6H3. The zero-order valence-electron chi connectivity index (χ0n) is 25.0. The number of esters is 1. The van der Waals surface area contributed by atoms with E-state index in [9.17, 15) is 18.0 Å². The Balaban J connectivity index is 1.32. The molecule has 1 aliphatic carbocycles. The molecule has 226 valence electrons. The van der Waals surface area contributed by atoms with Crippen molar-refractivity contribution in [2.24, 2.45) is 0 Å². The van der Waals surface area contributed by atoms with E-state index in [0.29, 0.717) is 10.5 Å². The van der Waals surface area contributed by atoms with E-state index >= 15 is 0 Å². The van der Waals surface area contributed by atoms with Crippen LogP contribution >= 0.6 is 0 Å². The van der Waals surface area contributed by atoms with Crippen molar-refractivity contribution < 1.29 is 27.5 Å². The van der Waals surface area contributed by atoms with E-state index in [1.54, 1.807) is 24.1 Å². The van der Waals surface area contributed by atoms with Crippen molar-refractivity contribution in [3.8, 4) is 0 Å². The fourth-order valence-corrected chi connectivity index (χ4v) is 6.16. The summed E-state index contributed by atoms with van der Waals surface area (Å²) in [5.41, 5.74) is 1.61. The molecule has 1 aliphatic heterocycles. The number of ether oxygens (including phenoxy) is 2. The van der Waals surface area contributed by atoms with Crippen LogP contribution in [-0.2, 0) is 19.3 Å². The van der Waals surface area contributed by atoms with Gasteiger partial charge in [0.2, 0.25) is 0 Å². The Morgan fingerprint density at radius 1 is 0.976 bits per heavy atom. The van der Waals surface area contributed by atoms with Crippen LogP contribution < -0.4 is 9.80 Å². The first-order valence-electron chi connectivity index (χ1n) is 14.1. The van der Waals surface area contributed by atoms with Gasteiger partial charge in [0.05, 0.1) is 17.6 Å². The van der Waals surface area contributed by atoms with E-state index < -0.39 is 21.4 Å². The Morgan fingerprint density at radius 2 is 1.60 bits per heavy atom. The highest BCUT2D eigenvalue weighted by atomic mass is 32.2. The molecule has 0 spiro atoms. The van der Waals surface area contributed by atoms with Crippen LogP contribution in [0.25, 0.3) is 11.0 Å². The molecule has 3 heterocycles. The Labute approximate surface area is 246 Å². The van der Waals surface area contributed by atoms with Gasteiger partial charge in [0, 0.05) is 68.8 Å². The number of piperazine rings is 1. The zero-order chi connectivity index (χ0) is 30.4. The highest BCUT2D eigenvalue weighted by molar-refractivity contribution is 7.90. The molecule has 2 fully saturated rings. The third-order valence-electron chi connectivity index (χ3n) is 8.01. The minimum absolute atomic E-state index is 0.0339. The Bertz CT molecular complexity index is 1580. The third kappa shape index (κ3) is 6.04. The molecule has 0 bridgehead atoms. The predicted molar refractivity (Wildman–Crippen MR) is 161 cm³/mol. The predicted octanol–water partition coefficient (Wildman–Crippen LogP) is 4.12. The number of sulfone groups is 1. The normalized spacial score (nSPS) is 19.4. The van der Waals surface area contributed by atoms with Gasteiger partial charge in [-0.25, -0.2) is 23.0 Å². The topological polar surface area (TPSA) is 114 Å². The molecule has 12 heteroatoms. The van der Waals surface area contributed by atoms with Crippen LogP contribution in [-0.4, -0.2) is 93.2 Å². The SMILES string of the molecule is COC(=O)c1cn(C2CC(N(C)C(=O)OC(C)(C)C)C2)c2nc(N3CCN(c4ccc(S(C)(=O)=O)cc4)CC3)ccc12. The number of anilines is 2. The van der Waals surface area contributed by atoms with Crippen molar-refractivity contribution in [3.63, 3.8) is 0 Å². The summed E-state index contributed by atoms with van der Waals surface area (Å²) in [6, 6.07) is 11.0. The molecule has 0 N–H and O–H groups in total. The van der Waals surface area contributed by atoms with Crippen molar-refractivity contribution in [1.29, 1.82) is 0 Å². The van der Waals surface area contributed by atoms with Gasteiger partial charge in [-0.05, 0) is 70.0 Å². The van der Waals surface area contributed by atoms with E-state index in [1.807, 2.05) is 55.8 Å². The number of amides is 1. The number of benzene rings is 1. The second-order valence-electron chi connectivity index (χ2n) is 12.1. The van der Waals surface area contributed by atoms with Crippen molar-refractivity contribution in [3.05, 3.63) is 48.2 Å². The van der Waals surface area contributed by atoms with Gasteiger partial charge < -0.3 is 28.7 Å². The molecule has 1 amide bonds. The Kier molecular flexibility index (Phi) is 7.86. The second kappa shape index (κ2) is 11.1. The molecule has 1 saturated carbocycles. The maximum absolute atomic E-state index is 12.6. The summed E-state index contributed by atoms with van der Waals surface area (Å²) in [4.78, 5) is 36.6. The van der Waals surface area contributed by atoms with Gasteiger partial charge in [-0.3, -0.25) is 0 Å². The van der Waals surface area contributed by atoms with Crippen molar-refractivity contribution in [2.45, 2.75) is 56.2 Å². The van der Waals surface area contributed by atoms with Crippen LogP contribution in [0.3, 0.4) is 0 Å². The van der Waals surface area contributed by atoms with Crippen molar-refractivity contribution in [2.75, 3.05) is 56.4 Å². The molecule has 1 aromatic carbocycles. The largest absolute Gasteiger partial charge is 0.465 e. The lowest BCUT2D eigenvalue weighted by Crippen LogP contribution is -2.47. The van der Waals surface area contributed by atoms with Crippen LogP contribution in [0, 0.1) is 0 Å². The maximum atomic E-state index is 12.6. The molecule has 3 aromatic rings. The maximum Gasteiger partial charge on any atom is 0.410 e. The van der Waals surface area contributed by atoms with Crippen LogP contribution in [0.2, 0.25) is 0 Å². The molecule has 11 nitrogen and oxygen atoms in total. The van der Waals surface area contributed by atoms with Crippen molar-refractivity contribution in [1.82, 2.24) is 14.5 Å². The average Bonchev–Trinajstić information content (AvgIpc) is 3.29. The molecule has 2 aliphatic rings. The van der Waals surface area contributed by atoms with E-state index in [1.165, 1.54) is 13.4 Å². The van der Waals surface area contributed by atoms with Gasteiger partial charge >= 0.3 is 12.1 Å². The Morgan fingerprint density at radius 3 is 2.17 bits per heavy atom. The van der Waals surface area contributed by atoms with Crippen molar-refractivity contribution >= 4 is 44.4 Å². The number of carbonyl (C=O) groups excluding carboxylic acids is 2. The second-order valence-corrected chi connectivity index (χ2v) is 14.1. The molecule has 42 heavy (non-hydrogen) atoms. The summed E-state index contributed by atoms with van der Waals surface area (Å²) in [6.07, 6.45) is 4.14. The zero-order valence-corrected chi connectivity index (χ0v) is 25.8. The smallest absolute Gasteiger partial charge is 0.410 e. The molecule has 1 saturated heterocycles. The minimum atomic E-state index is -3.23. The van der Waals surface area contributed by atoms with Crippen LogP contribution in [0.1, 0.15) is 50.0 Å². The number of methoxy groups -OCH3 is 1. The number of aromatic nitrogens is 2. The summed E-state index contributed by atoms with van der Waals surface area (Å²) in [5, 5.41) is 0.735. The third-order valence-corrected chi connectivity index (χ3v) is 9.14. The number of pyridine rings is 1. The summed E-state index contributed by atoms with van der Waals surface area (Å²) in [7, 11) is -0.0988. The van der Waals surface area contributed by atoms with Gasteiger partial charge in [0.15, 0.2) is 9.84 Å². The fourth-order valence-electron chi connectivity index (χ4n) is 5.53. The quantitative estimate of drug-likeness (QED) is 0.387. The number of rotatable bonds is 6. The first-order chi connectivity index (χ1) is 19.7. The molecular weight excluding hydrogens is 558 g/mol. The lowest BCUT2D eigenvalue weighted by molar-refractivity contribution is 0.00809. The molecule has 0 radical (unpaired) electrons. The van der Waals surface area contributed by atoms with Gasteiger partial charge in [-0.1, -0.05) is 0 Å². The number of hydrogen-bond acceptors (Lipinski definition) is 9. The van der Waals surface area contributed by atoms with Gasteiger partial charge in [0.1, 0.15) is 17.1 Å². The fraction of sp³-hybridized carbons (Fsp3) is 0.500. The van der Waals surface area contributed by atoms with Gasteiger partial charge in [-0.15, -0.1) is 0 Å². The van der Waals surface area contributed by atoms with Crippen LogP contribution in [0.15, 0.2) is 47.5 Å². The lowest BCUT2D eigenvalue weighted by Gasteiger charge is -2.42. The van der Waals surface area contributed by atoms with E-state index in [-0.39, 0.29) is 18.2 Å². The van der Waals surface area contributed by atoms with Gasteiger partial charge in [0.25, 0.3) is 0 Å². The number of nitrogens with zero attached hydrogens (tertiary/aromatic N) is 5. The minimum Gasteiger partial charge on any atom is -0.465 e. The summed E-state index contributed by atoms with van der Waals surface area (Å²) >= 11 is 0. The Hall–Kier alpha value is -3.80.